The van der Waals surface area contributed by atoms with Crippen LogP contribution in [0.1, 0.15) is 47.8 Å². The van der Waals surface area contributed by atoms with Crippen molar-refractivity contribution < 1.29 is 44.0 Å². The Hall–Kier alpha value is -4.55. The van der Waals surface area contributed by atoms with Crippen molar-refractivity contribution in [1.29, 1.82) is 0 Å². The standard InChI is InChI=1S/C28H29N2O10/c1-12-24(33)22(14(3)31)26-23(25(12)34)28(4)20(40-26)11-17(32)21(27(28)35)13(2)29-8-7-15-9-18(38-5)19(39-6)10-16(15)30(36)37/h9-11,29,33-34,36H,7-8H2,1-6H3/q-1/b21-13+/t28-/m0/s1. The topological polar surface area (TPSA) is 178 Å². The summed E-state index contributed by atoms with van der Waals surface area (Å²) in [6.45, 7) is 5.79. The molecule has 4 N–H and O–H groups in total. The minimum Gasteiger partial charge on any atom is -0.733 e. The normalized spacial score (nSPS) is 18.9. The van der Waals surface area contributed by atoms with E-state index in [-0.39, 0.29) is 69.1 Å². The number of carbonyl (C=O) groups is 3. The molecule has 0 radical (unpaired) electrons. The van der Waals surface area contributed by atoms with Gasteiger partial charge in [-0.2, -0.15) is 0 Å². The summed E-state index contributed by atoms with van der Waals surface area (Å²) in [4.78, 5) is 39.3. The summed E-state index contributed by atoms with van der Waals surface area (Å²) < 4.78 is 16.2. The lowest BCUT2D eigenvalue weighted by atomic mass is 9.70. The van der Waals surface area contributed by atoms with Gasteiger partial charge in [-0.25, -0.2) is 0 Å². The first-order valence-corrected chi connectivity index (χ1v) is 12.2. The number of aromatic hydroxyl groups is 2. The first-order chi connectivity index (χ1) is 18.8. The molecule has 40 heavy (non-hydrogen) atoms. The van der Waals surface area contributed by atoms with Gasteiger partial charge in [0.05, 0.1) is 31.0 Å². The van der Waals surface area contributed by atoms with Crippen molar-refractivity contribution in [2.24, 2.45) is 0 Å². The van der Waals surface area contributed by atoms with Crippen molar-refractivity contribution >= 4 is 23.0 Å². The zero-order chi connectivity index (χ0) is 29.7. The number of hydrogen-bond donors (Lipinski definition) is 4. The van der Waals surface area contributed by atoms with Crippen LogP contribution in [0.25, 0.3) is 0 Å². The Morgan fingerprint density at radius 2 is 1.75 bits per heavy atom. The average Bonchev–Trinajstić information content (AvgIpc) is 3.19. The molecule has 0 spiro atoms. The summed E-state index contributed by atoms with van der Waals surface area (Å²) in [5.41, 5.74) is -1.44. The quantitative estimate of drug-likeness (QED) is 0.163. The molecule has 12 nitrogen and oxygen atoms in total. The zero-order valence-corrected chi connectivity index (χ0v) is 22.8. The molecule has 2 aromatic rings. The maximum Gasteiger partial charge on any atom is 0.194 e. The summed E-state index contributed by atoms with van der Waals surface area (Å²) in [7, 11) is 2.82. The predicted molar refractivity (Wildman–Crippen MR) is 142 cm³/mol. The highest BCUT2D eigenvalue weighted by Gasteiger charge is 2.56. The number of nitrogens with one attached hydrogen (secondary N) is 1. The van der Waals surface area contributed by atoms with E-state index in [0.717, 1.165) is 6.08 Å². The molecule has 1 heterocycles. The Kier molecular flexibility index (Phi) is 7.26. The molecular weight excluding hydrogens is 524 g/mol. The Labute approximate surface area is 229 Å². The van der Waals surface area contributed by atoms with Gasteiger partial charge in [-0.05, 0) is 45.7 Å². The molecule has 4 rings (SSSR count). The van der Waals surface area contributed by atoms with Crippen molar-refractivity contribution in [3.63, 3.8) is 0 Å². The minimum atomic E-state index is -1.63. The number of anilines is 1. The van der Waals surface area contributed by atoms with E-state index in [0.29, 0.717) is 11.3 Å². The second kappa shape index (κ2) is 10.2. The molecule has 0 bridgehead atoms. The average molecular weight is 554 g/mol. The first-order valence-electron chi connectivity index (χ1n) is 12.2. The van der Waals surface area contributed by atoms with Crippen LogP contribution in [0.2, 0.25) is 0 Å². The van der Waals surface area contributed by atoms with Crippen LogP contribution in [0, 0.1) is 12.1 Å². The fourth-order valence-corrected chi connectivity index (χ4v) is 5.12. The number of hydrogen-bond acceptors (Lipinski definition) is 12. The second-order valence-electron chi connectivity index (χ2n) is 9.67. The molecule has 1 aliphatic heterocycles. The molecule has 1 atom stereocenters. The number of phenols is 2. The summed E-state index contributed by atoms with van der Waals surface area (Å²) in [5, 5.41) is 45.4. The number of ether oxygens (including phenoxy) is 3. The van der Waals surface area contributed by atoms with E-state index in [9.17, 15) is 35.0 Å². The summed E-state index contributed by atoms with van der Waals surface area (Å²) in [5.74, 6) is -2.37. The van der Waals surface area contributed by atoms with Crippen LogP contribution >= 0.6 is 0 Å². The molecule has 0 saturated carbocycles. The van der Waals surface area contributed by atoms with Gasteiger partial charge in [0.1, 0.15) is 34.0 Å². The lowest BCUT2D eigenvalue weighted by molar-refractivity contribution is -0.123. The van der Waals surface area contributed by atoms with Gasteiger partial charge in [0.25, 0.3) is 0 Å². The third-order valence-electron chi connectivity index (χ3n) is 7.34. The summed E-state index contributed by atoms with van der Waals surface area (Å²) in [6, 6.07) is 2.86. The third kappa shape index (κ3) is 4.21. The molecular formula is C28H29N2O10-. The van der Waals surface area contributed by atoms with Crippen LogP contribution in [-0.4, -0.2) is 53.5 Å². The smallest absolute Gasteiger partial charge is 0.194 e. The summed E-state index contributed by atoms with van der Waals surface area (Å²) >= 11 is 0. The number of ketones is 3. The number of fused-ring (bicyclic) bond motifs is 3. The fourth-order valence-electron chi connectivity index (χ4n) is 5.12. The number of Topliss-reactive ketones (excluding diaryl/α,β-unsaturated/α-hetero) is 2. The molecule has 0 aromatic heterocycles. The highest BCUT2D eigenvalue weighted by atomic mass is 16.8. The molecule has 0 amide bonds. The Morgan fingerprint density at radius 1 is 1.12 bits per heavy atom. The SMILES string of the molecule is COc1cc(CCN/C(C)=C2\C(=O)C=C3Oc4c(C(C)=O)c(O)c(C)c(O)c4[C@@]3(C)C2=O)c(N([O-])O)cc1OC. The van der Waals surface area contributed by atoms with Gasteiger partial charge in [0.2, 0.25) is 0 Å². The van der Waals surface area contributed by atoms with E-state index >= 15 is 0 Å². The van der Waals surface area contributed by atoms with Gasteiger partial charge in [-0.15, -0.1) is 0 Å². The van der Waals surface area contributed by atoms with Crippen molar-refractivity contribution in [3.8, 4) is 28.7 Å². The largest absolute Gasteiger partial charge is 0.733 e. The highest BCUT2D eigenvalue weighted by Crippen LogP contribution is 2.57. The van der Waals surface area contributed by atoms with E-state index < -0.39 is 34.3 Å². The zero-order valence-electron chi connectivity index (χ0n) is 22.8. The first kappa shape index (κ1) is 28.5. The number of nitrogens with zero attached hydrogens (tertiary/aromatic N) is 1. The van der Waals surface area contributed by atoms with Gasteiger partial charge in [0.15, 0.2) is 28.8 Å². The molecule has 2 aliphatic rings. The Morgan fingerprint density at radius 3 is 2.33 bits per heavy atom. The van der Waals surface area contributed by atoms with Gasteiger partial charge in [-0.3, -0.25) is 19.6 Å². The molecule has 0 fully saturated rings. The molecule has 0 unspecified atom stereocenters. The number of allylic oxidation sites excluding steroid dienone is 4. The molecule has 2 aromatic carbocycles. The molecule has 212 valence electrons. The number of phenolic OH excluding ortho intramolecular Hbond substituents is 2. The lowest BCUT2D eigenvalue weighted by Gasteiger charge is -2.29. The van der Waals surface area contributed by atoms with Gasteiger partial charge >= 0.3 is 0 Å². The molecule has 12 heteroatoms. The highest BCUT2D eigenvalue weighted by molar-refractivity contribution is 6.31. The Bertz CT molecular complexity index is 1520. The van der Waals surface area contributed by atoms with Crippen LogP contribution in [0.15, 0.2) is 35.2 Å². The van der Waals surface area contributed by atoms with E-state index in [1.807, 2.05) is 0 Å². The van der Waals surface area contributed by atoms with Crippen molar-refractivity contribution in [2.45, 2.75) is 39.5 Å². The van der Waals surface area contributed by atoms with Crippen LogP contribution in [0.3, 0.4) is 0 Å². The predicted octanol–water partition coefficient (Wildman–Crippen LogP) is 3.11. The van der Waals surface area contributed by atoms with Crippen LogP contribution in [0.4, 0.5) is 5.69 Å². The van der Waals surface area contributed by atoms with Crippen LogP contribution in [-0.2, 0) is 21.4 Å². The second-order valence-corrected chi connectivity index (χ2v) is 9.67. The van der Waals surface area contributed by atoms with Crippen molar-refractivity contribution in [2.75, 3.05) is 26.0 Å². The number of benzene rings is 2. The van der Waals surface area contributed by atoms with Gasteiger partial charge < -0.3 is 40.2 Å². The van der Waals surface area contributed by atoms with E-state index in [2.05, 4.69) is 5.32 Å². The Balaban J connectivity index is 1.70. The molecule has 1 aliphatic carbocycles. The minimum absolute atomic E-state index is 0.00197. The van der Waals surface area contributed by atoms with Crippen LogP contribution in [0.5, 0.6) is 28.7 Å². The summed E-state index contributed by atoms with van der Waals surface area (Å²) in [6.07, 6.45) is 1.32. The van der Waals surface area contributed by atoms with Gasteiger partial charge in [0, 0.05) is 29.9 Å². The van der Waals surface area contributed by atoms with Crippen molar-refractivity contribution in [1.82, 2.24) is 5.32 Å². The molecule has 0 saturated heterocycles. The maximum absolute atomic E-state index is 13.9. The van der Waals surface area contributed by atoms with Gasteiger partial charge in [-0.1, -0.05) is 0 Å². The fraction of sp³-hybridized carbons (Fsp3) is 0.321. The van der Waals surface area contributed by atoms with Crippen molar-refractivity contribution in [3.05, 3.63) is 62.7 Å². The lowest BCUT2D eigenvalue weighted by Crippen LogP contribution is -2.41. The number of rotatable bonds is 8. The number of carbonyl (C=O) groups excluding carboxylic acids is 3. The monoisotopic (exact) mass is 553 g/mol. The van der Waals surface area contributed by atoms with E-state index in [1.54, 1.807) is 0 Å². The van der Waals surface area contributed by atoms with E-state index in [4.69, 9.17) is 14.2 Å². The van der Waals surface area contributed by atoms with E-state index in [1.165, 1.54) is 54.0 Å². The van der Waals surface area contributed by atoms with Crippen LogP contribution < -0.4 is 24.8 Å². The maximum atomic E-state index is 13.9. The third-order valence-corrected chi connectivity index (χ3v) is 7.34. The number of methoxy groups -OCH3 is 2.